The van der Waals surface area contributed by atoms with Crippen LogP contribution in [0.4, 0.5) is 0 Å². The molecule has 0 radical (unpaired) electrons. The van der Waals surface area contributed by atoms with E-state index in [2.05, 4.69) is 4.74 Å². The summed E-state index contributed by atoms with van der Waals surface area (Å²) in [6.07, 6.45) is 4.78. The lowest BCUT2D eigenvalue weighted by Crippen LogP contribution is -2.27. The molecule has 0 aliphatic rings. The summed E-state index contributed by atoms with van der Waals surface area (Å²) < 4.78 is 9.95. The van der Waals surface area contributed by atoms with Crippen molar-refractivity contribution in [3.63, 3.8) is 0 Å². The lowest BCUT2D eigenvalue weighted by Gasteiger charge is -2.21. The Morgan fingerprint density at radius 1 is 1.22 bits per heavy atom. The first kappa shape index (κ1) is 16.5. The van der Waals surface area contributed by atoms with Crippen LogP contribution in [0.5, 0.6) is 0 Å². The van der Waals surface area contributed by atoms with Crippen molar-refractivity contribution >= 4 is 18.0 Å². The van der Waals surface area contributed by atoms with Crippen LogP contribution < -0.4 is 0 Å². The average molecular weight is 313 g/mol. The zero-order valence-corrected chi connectivity index (χ0v) is 13.4. The molecule has 0 spiro atoms. The molecule has 5 nitrogen and oxygen atoms in total. The maximum absolute atomic E-state index is 12.2. The predicted octanol–water partition coefficient (Wildman–Crippen LogP) is 3.30. The topological polar surface area (TPSA) is 59.8 Å². The highest BCUT2D eigenvalue weighted by Crippen LogP contribution is 2.19. The number of methoxy groups -OCH3 is 1. The van der Waals surface area contributed by atoms with Crippen molar-refractivity contribution in [1.29, 1.82) is 0 Å². The monoisotopic (exact) mass is 313 g/mol. The zero-order valence-electron chi connectivity index (χ0n) is 13.4. The molecule has 1 amide bonds. The van der Waals surface area contributed by atoms with Crippen molar-refractivity contribution in [1.82, 2.24) is 4.90 Å². The highest BCUT2D eigenvalue weighted by molar-refractivity contribution is 5.92. The van der Waals surface area contributed by atoms with Gasteiger partial charge in [0, 0.05) is 13.1 Å². The van der Waals surface area contributed by atoms with Crippen LogP contribution in [0.3, 0.4) is 0 Å². The molecule has 2 rings (SSSR count). The van der Waals surface area contributed by atoms with Gasteiger partial charge >= 0.3 is 5.97 Å². The molecule has 2 aromatic rings. The fraction of sp³-hybridized carbons (Fsp3) is 0.222. The molecular weight excluding hydrogens is 294 g/mol. The van der Waals surface area contributed by atoms with E-state index < -0.39 is 0 Å². The molecular formula is C18H19NO4. The standard InChI is InChI=1S/C18H19NO4/c1-13(16-5-4-12-23-16)19(2)17(20)11-8-14-6-9-15(10-7-14)18(21)22-3/h4-13H,1-3H3/b11-8+. The number of furan rings is 1. The van der Waals surface area contributed by atoms with Gasteiger partial charge in [-0.2, -0.15) is 0 Å². The van der Waals surface area contributed by atoms with E-state index in [1.165, 1.54) is 13.2 Å². The van der Waals surface area contributed by atoms with E-state index in [0.717, 1.165) is 11.3 Å². The zero-order chi connectivity index (χ0) is 16.8. The van der Waals surface area contributed by atoms with Gasteiger partial charge in [0.05, 0.1) is 25.0 Å². The van der Waals surface area contributed by atoms with Gasteiger partial charge in [-0.25, -0.2) is 4.79 Å². The van der Waals surface area contributed by atoms with Crippen LogP contribution in [0, 0.1) is 0 Å². The summed E-state index contributed by atoms with van der Waals surface area (Å²) in [6, 6.07) is 10.3. The third-order valence-electron chi connectivity index (χ3n) is 3.63. The molecule has 23 heavy (non-hydrogen) atoms. The number of hydrogen-bond donors (Lipinski definition) is 0. The summed E-state index contributed by atoms with van der Waals surface area (Å²) in [5.74, 6) is 0.214. The van der Waals surface area contributed by atoms with Gasteiger partial charge in [-0.3, -0.25) is 4.79 Å². The van der Waals surface area contributed by atoms with Gasteiger partial charge in [-0.05, 0) is 42.8 Å². The first-order valence-corrected chi connectivity index (χ1v) is 7.19. The first-order chi connectivity index (χ1) is 11.0. The molecule has 1 heterocycles. The minimum Gasteiger partial charge on any atom is -0.467 e. The maximum atomic E-state index is 12.2. The minimum atomic E-state index is -0.386. The number of amides is 1. The first-order valence-electron chi connectivity index (χ1n) is 7.19. The second-order valence-electron chi connectivity index (χ2n) is 5.09. The van der Waals surface area contributed by atoms with Gasteiger partial charge in [-0.15, -0.1) is 0 Å². The molecule has 0 aliphatic heterocycles. The van der Waals surface area contributed by atoms with Crippen molar-refractivity contribution in [2.75, 3.05) is 14.2 Å². The molecule has 0 saturated heterocycles. The molecule has 5 heteroatoms. The van der Waals surface area contributed by atoms with Gasteiger partial charge < -0.3 is 14.1 Å². The highest BCUT2D eigenvalue weighted by Gasteiger charge is 2.17. The van der Waals surface area contributed by atoms with Crippen LogP contribution in [0.2, 0.25) is 0 Å². The van der Waals surface area contributed by atoms with Gasteiger partial charge in [-0.1, -0.05) is 12.1 Å². The Morgan fingerprint density at radius 2 is 1.91 bits per heavy atom. The Kier molecular flexibility index (Phi) is 5.36. The molecule has 0 N–H and O–H groups in total. The molecule has 120 valence electrons. The number of benzene rings is 1. The molecule has 0 saturated carbocycles. The number of likely N-dealkylation sites (N-methyl/N-ethyl adjacent to an activating group) is 1. The maximum Gasteiger partial charge on any atom is 0.337 e. The van der Waals surface area contributed by atoms with Crippen LogP contribution >= 0.6 is 0 Å². The van der Waals surface area contributed by atoms with Crippen LogP contribution in [0.15, 0.2) is 53.2 Å². The van der Waals surface area contributed by atoms with Gasteiger partial charge in [0.25, 0.3) is 0 Å². The molecule has 1 aromatic carbocycles. The van der Waals surface area contributed by atoms with E-state index in [4.69, 9.17) is 4.42 Å². The second kappa shape index (κ2) is 7.45. The van der Waals surface area contributed by atoms with Crippen molar-refractivity contribution in [2.45, 2.75) is 13.0 Å². The largest absolute Gasteiger partial charge is 0.467 e. The molecule has 0 fully saturated rings. The summed E-state index contributed by atoms with van der Waals surface area (Å²) in [7, 11) is 3.06. The number of rotatable bonds is 5. The van der Waals surface area contributed by atoms with Crippen molar-refractivity contribution in [3.8, 4) is 0 Å². The van der Waals surface area contributed by atoms with Crippen LogP contribution in [0.25, 0.3) is 6.08 Å². The molecule has 1 aromatic heterocycles. The lowest BCUT2D eigenvalue weighted by molar-refractivity contribution is -0.126. The van der Waals surface area contributed by atoms with E-state index in [9.17, 15) is 9.59 Å². The fourth-order valence-electron chi connectivity index (χ4n) is 2.04. The number of esters is 1. The number of carbonyl (C=O) groups is 2. The van der Waals surface area contributed by atoms with Crippen molar-refractivity contribution in [2.24, 2.45) is 0 Å². The van der Waals surface area contributed by atoms with Crippen LogP contribution in [0.1, 0.15) is 34.6 Å². The summed E-state index contributed by atoms with van der Waals surface area (Å²) in [5, 5.41) is 0. The normalized spacial score (nSPS) is 12.1. The van der Waals surface area contributed by atoms with Crippen molar-refractivity contribution in [3.05, 3.63) is 65.6 Å². The lowest BCUT2D eigenvalue weighted by atomic mass is 10.1. The Morgan fingerprint density at radius 3 is 2.48 bits per heavy atom. The van der Waals surface area contributed by atoms with E-state index in [0.29, 0.717) is 5.56 Å². The Labute approximate surface area is 135 Å². The third kappa shape index (κ3) is 4.10. The number of hydrogen-bond acceptors (Lipinski definition) is 4. The Hall–Kier alpha value is -2.82. The van der Waals surface area contributed by atoms with Gasteiger partial charge in [0.15, 0.2) is 0 Å². The van der Waals surface area contributed by atoms with Crippen LogP contribution in [-0.2, 0) is 9.53 Å². The van der Waals surface area contributed by atoms with Crippen molar-refractivity contribution < 1.29 is 18.7 Å². The van der Waals surface area contributed by atoms with Gasteiger partial charge in [0.2, 0.25) is 5.91 Å². The Bertz CT molecular complexity index is 686. The molecule has 0 bridgehead atoms. The summed E-state index contributed by atoms with van der Waals surface area (Å²) in [5.41, 5.74) is 1.30. The quantitative estimate of drug-likeness (QED) is 0.628. The van der Waals surface area contributed by atoms with E-state index in [1.807, 2.05) is 13.0 Å². The minimum absolute atomic E-state index is 0.133. The molecule has 1 atom stereocenters. The average Bonchev–Trinajstić information content (AvgIpc) is 3.12. The number of nitrogens with zero attached hydrogens (tertiary/aromatic N) is 1. The smallest absolute Gasteiger partial charge is 0.337 e. The molecule has 1 unspecified atom stereocenters. The summed E-state index contributed by atoms with van der Waals surface area (Å²) >= 11 is 0. The number of ether oxygens (including phenoxy) is 1. The highest BCUT2D eigenvalue weighted by atomic mass is 16.5. The van der Waals surface area contributed by atoms with Crippen LogP contribution in [-0.4, -0.2) is 30.9 Å². The number of carbonyl (C=O) groups excluding carboxylic acids is 2. The van der Waals surface area contributed by atoms with E-state index >= 15 is 0 Å². The molecule has 0 aliphatic carbocycles. The Balaban J connectivity index is 2.01. The SMILES string of the molecule is COC(=O)c1ccc(/C=C/C(=O)N(C)C(C)c2ccco2)cc1. The second-order valence-corrected chi connectivity index (χ2v) is 5.09. The van der Waals surface area contributed by atoms with E-state index in [1.54, 1.807) is 54.6 Å². The van der Waals surface area contributed by atoms with Gasteiger partial charge in [0.1, 0.15) is 5.76 Å². The fourth-order valence-corrected chi connectivity index (χ4v) is 2.04. The summed E-state index contributed by atoms with van der Waals surface area (Å²) in [4.78, 5) is 25.2. The third-order valence-corrected chi connectivity index (χ3v) is 3.63. The predicted molar refractivity (Wildman–Crippen MR) is 86.7 cm³/mol. The summed E-state index contributed by atoms with van der Waals surface area (Å²) in [6.45, 7) is 1.90. The van der Waals surface area contributed by atoms with E-state index in [-0.39, 0.29) is 17.9 Å².